The van der Waals surface area contributed by atoms with E-state index in [1.165, 1.54) is 15.7 Å². The molecule has 0 unspecified atom stereocenters. The van der Waals surface area contributed by atoms with Gasteiger partial charge in [0, 0.05) is 32.2 Å². The van der Waals surface area contributed by atoms with Crippen LogP contribution in [0.1, 0.15) is 31.2 Å². The van der Waals surface area contributed by atoms with Crippen molar-refractivity contribution in [3.63, 3.8) is 0 Å². The highest BCUT2D eigenvalue weighted by molar-refractivity contribution is 7.86. The fraction of sp³-hybridized carbons (Fsp3) is 0.600. The van der Waals surface area contributed by atoms with E-state index in [4.69, 9.17) is 11.6 Å². The molecule has 5 nitrogen and oxygen atoms in total. The first-order chi connectivity index (χ1) is 10.2. The van der Waals surface area contributed by atoms with Crippen LogP contribution >= 0.6 is 11.6 Å². The Kier molecular flexibility index (Phi) is 5.50. The van der Waals surface area contributed by atoms with E-state index in [2.05, 4.69) is 0 Å². The molecule has 0 amide bonds. The largest absolute Gasteiger partial charge is 0.389 e. The monoisotopic (exact) mass is 346 g/mol. The van der Waals surface area contributed by atoms with Gasteiger partial charge in [0.25, 0.3) is 10.2 Å². The molecule has 0 spiro atoms. The van der Waals surface area contributed by atoms with Crippen molar-refractivity contribution in [2.24, 2.45) is 0 Å². The number of rotatable bonds is 6. The molecule has 0 radical (unpaired) electrons. The summed E-state index contributed by atoms with van der Waals surface area (Å²) in [6.07, 6.45) is 3.22. The topological polar surface area (TPSA) is 60.9 Å². The SMILES string of the molecule is CN(Cc1ccc(Cl)cc1)S(=O)(=O)N(C)CC1(O)CCCC1. The second kappa shape index (κ2) is 6.84. The van der Waals surface area contributed by atoms with Crippen LogP contribution in [0.4, 0.5) is 0 Å². The number of benzene rings is 1. The lowest BCUT2D eigenvalue weighted by molar-refractivity contribution is 0.0323. The summed E-state index contributed by atoms with van der Waals surface area (Å²) in [5.74, 6) is 0. The van der Waals surface area contributed by atoms with Crippen LogP contribution in [0, 0.1) is 0 Å². The van der Waals surface area contributed by atoms with Crippen molar-refractivity contribution in [3.8, 4) is 0 Å². The smallest absolute Gasteiger partial charge is 0.281 e. The van der Waals surface area contributed by atoms with Crippen LogP contribution in [0.3, 0.4) is 0 Å². The first-order valence-corrected chi connectivity index (χ1v) is 9.15. The molecule has 0 bridgehead atoms. The third kappa shape index (κ3) is 4.20. The van der Waals surface area contributed by atoms with Gasteiger partial charge in [-0.05, 0) is 30.5 Å². The summed E-state index contributed by atoms with van der Waals surface area (Å²) >= 11 is 5.83. The third-order valence-corrected chi connectivity index (χ3v) is 6.24. The maximum atomic E-state index is 12.5. The molecule has 1 aromatic rings. The molecule has 7 heteroatoms. The summed E-state index contributed by atoms with van der Waals surface area (Å²) in [6.45, 7) is 0.405. The summed E-state index contributed by atoms with van der Waals surface area (Å²) in [5, 5.41) is 11.0. The van der Waals surface area contributed by atoms with Crippen molar-refractivity contribution in [2.45, 2.75) is 37.8 Å². The van der Waals surface area contributed by atoms with Gasteiger partial charge in [-0.2, -0.15) is 17.0 Å². The number of hydrogen-bond donors (Lipinski definition) is 1. The molecule has 124 valence electrons. The average Bonchev–Trinajstić information content (AvgIpc) is 2.87. The number of hydrogen-bond acceptors (Lipinski definition) is 3. The minimum Gasteiger partial charge on any atom is -0.389 e. The van der Waals surface area contributed by atoms with Crippen LogP contribution in [0.2, 0.25) is 5.02 Å². The van der Waals surface area contributed by atoms with Crippen molar-refractivity contribution < 1.29 is 13.5 Å². The Balaban J connectivity index is 2.03. The van der Waals surface area contributed by atoms with Crippen LogP contribution in [-0.4, -0.2) is 48.4 Å². The Hall–Kier alpha value is -0.660. The normalized spacial score (nSPS) is 18.3. The molecule has 0 heterocycles. The molecule has 1 aliphatic rings. The molecule has 0 aromatic heterocycles. The Morgan fingerprint density at radius 2 is 1.68 bits per heavy atom. The predicted octanol–water partition coefficient (Wildman–Crippen LogP) is 2.25. The van der Waals surface area contributed by atoms with Crippen molar-refractivity contribution in [3.05, 3.63) is 34.9 Å². The first-order valence-electron chi connectivity index (χ1n) is 7.37. The maximum Gasteiger partial charge on any atom is 0.281 e. The van der Waals surface area contributed by atoms with Crippen LogP contribution in [-0.2, 0) is 16.8 Å². The number of likely N-dealkylation sites (N-methyl/N-ethyl adjacent to an activating group) is 1. The van der Waals surface area contributed by atoms with Crippen LogP contribution in [0.15, 0.2) is 24.3 Å². The highest BCUT2D eigenvalue weighted by Crippen LogP contribution is 2.30. The van der Waals surface area contributed by atoms with Gasteiger partial charge in [-0.1, -0.05) is 36.6 Å². The lowest BCUT2D eigenvalue weighted by Gasteiger charge is -2.30. The van der Waals surface area contributed by atoms with Crippen molar-refractivity contribution >= 4 is 21.8 Å². The Labute approximate surface area is 137 Å². The van der Waals surface area contributed by atoms with Gasteiger partial charge in [0.15, 0.2) is 0 Å². The molecular formula is C15H23ClN2O3S. The van der Waals surface area contributed by atoms with Gasteiger partial charge in [-0.25, -0.2) is 0 Å². The predicted molar refractivity (Wildman–Crippen MR) is 87.9 cm³/mol. The first kappa shape index (κ1) is 17.7. The van der Waals surface area contributed by atoms with Gasteiger partial charge in [-0.3, -0.25) is 0 Å². The minimum absolute atomic E-state index is 0.139. The molecule has 2 rings (SSSR count). The van der Waals surface area contributed by atoms with E-state index in [1.54, 1.807) is 31.3 Å². The third-order valence-electron chi connectivity index (χ3n) is 4.16. The molecule has 0 saturated heterocycles. The van der Waals surface area contributed by atoms with E-state index in [1.807, 2.05) is 0 Å². The summed E-state index contributed by atoms with van der Waals surface area (Å²) in [7, 11) is -0.541. The lowest BCUT2D eigenvalue weighted by atomic mass is 10.0. The fourth-order valence-electron chi connectivity index (χ4n) is 2.85. The molecule has 1 aliphatic carbocycles. The number of aliphatic hydroxyl groups is 1. The number of halogens is 1. The Bertz CT molecular complexity index is 598. The standard InChI is InChI=1S/C15H23ClN2O3S/c1-17(11-13-5-7-14(16)8-6-13)22(20,21)18(2)12-15(19)9-3-4-10-15/h5-8,19H,3-4,9-12H2,1-2H3. The van der Waals surface area contributed by atoms with Gasteiger partial charge in [-0.15, -0.1) is 0 Å². The molecule has 1 N–H and O–H groups in total. The molecule has 0 aliphatic heterocycles. The second-order valence-electron chi connectivity index (χ2n) is 6.08. The molecule has 22 heavy (non-hydrogen) atoms. The average molecular weight is 347 g/mol. The quantitative estimate of drug-likeness (QED) is 0.859. The molecule has 1 aromatic carbocycles. The van der Waals surface area contributed by atoms with E-state index in [-0.39, 0.29) is 13.1 Å². The summed E-state index contributed by atoms with van der Waals surface area (Å²) in [4.78, 5) is 0. The molecular weight excluding hydrogens is 324 g/mol. The Morgan fingerprint density at radius 1 is 1.14 bits per heavy atom. The van der Waals surface area contributed by atoms with Crippen LogP contribution < -0.4 is 0 Å². The van der Waals surface area contributed by atoms with Gasteiger partial charge in [0.05, 0.1) is 5.60 Å². The zero-order valence-corrected chi connectivity index (χ0v) is 14.6. The summed E-state index contributed by atoms with van der Waals surface area (Å²) < 4.78 is 27.6. The minimum atomic E-state index is -3.60. The molecule has 1 fully saturated rings. The number of nitrogens with zero attached hydrogens (tertiary/aromatic N) is 2. The molecule has 1 saturated carbocycles. The summed E-state index contributed by atoms with van der Waals surface area (Å²) in [5.41, 5.74) is -0.0217. The Morgan fingerprint density at radius 3 is 2.23 bits per heavy atom. The van der Waals surface area contributed by atoms with E-state index < -0.39 is 15.8 Å². The molecule has 0 atom stereocenters. The van der Waals surface area contributed by atoms with Crippen LogP contribution in [0.25, 0.3) is 0 Å². The zero-order chi connectivity index (χ0) is 16.4. The van der Waals surface area contributed by atoms with Crippen molar-refractivity contribution in [1.29, 1.82) is 0 Å². The zero-order valence-electron chi connectivity index (χ0n) is 13.0. The fourth-order valence-corrected chi connectivity index (χ4v) is 4.17. The highest BCUT2D eigenvalue weighted by atomic mass is 35.5. The van der Waals surface area contributed by atoms with Gasteiger partial charge in [0.1, 0.15) is 0 Å². The van der Waals surface area contributed by atoms with E-state index in [0.717, 1.165) is 18.4 Å². The second-order valence-corrected chi connectivity index (χ2v) is 8.66. The van der Waals surface area contributed by atoms with Gasteiger partial charge < -0.3 is 5.11 Å². The van der Waals surface area contributed by atoms with Crippen molar-refractivity contribution in [2.75, 3.05) is 20.6 Å². The van der Waals surface area contributed by atoms with E-state index >= 15 is 0 Å². The van der Waals surface area contributed by atoms with Crippen molar-refractivity contribution in [1.82, 2.24) is 8.61 Å². The van der Waals surface area contributed by atoms with E-state index in [0.29, 0.717) is 17.9 Å². The van der Waals surface area contributed by atoms with E-state index in [9.17, 15) is 13.5 Å². The van der Waals surface area contributed by atoms with Crippen LogP contribution in [0.5, 0.6) is 0 Å². The van der Waals surface area contributed by atoms with Gasteiger partial charge >= 0.3 is 0 Å². The highest BCUT2D eigenvalue weighted by Gasteiger charge is 2.36. The maximum absolute atomic E-state index is 12.5. The summed E-state index contributed by atoms with van der Waals surface area (Å²) in [6, 6.07) is 7.09. The lowest BCUT2D eigenvalue weighted by Crippen LogP contribution is -2.46. The van der Waals surface area contributed by atoms with Gasteiger partial charge in [0.2, 0.25) is 0 Å².